The molecule has 0 aliphatic carbocycles. The molecule has 23 heavy (non-hydrogen) atoms. The minimum Gasteiger partial charge on any atom is -0.478 e. The van der Waals surface area contributed by atoms with Crippen LogP contribution in [0.2, 0.25) is 0 Å². The molecule has 0 bridgehead atoms. The van der Waals surface area contributed by atoms with Gasteiger partial charge in [0.2, 0.25) is 0 Å². The summed E-state index contributed by atoms with van der Waals surface area (Å²) in [5, 5.41) is 9.19. The Morgan fingerprint density at radius 2 is 2.22 bits per heavy atom. The van der Waals surface area contributed by atoms with Crippen LogP contribution in [0.25, 0.3) is 0 Å². The molecule has 1 aromatic heterocycles. The van der Waals surface area contributed by atoms with Crippen molar-refractivity contribution in [2.45, 2.75) is 39.0 Å². The van der Waals surface area contributed by atoms with Gasteiger partial charge in [-0.1, -0.05) is 13.3 Å². The molecular weight excluding hydrogens is 298 g/mol. The van der Waals surface area contributed by atoms with Crippen LogP contribution in [-0.4, -0.2) is 48.7 Å². The van der Waals surface area contributed by atoms with Gasteiger partial charge < -0.3 is 19.2 Å². The monoisotopic (exact) mass is 323 g/mol. The number of carboxylic acids is 1. The highest BCUT2D eigenvalue weighted by molar-refractivity contribution is 5.96. The molecular formula is C17H25NO5. The number of likely N-dealkylation sites (tertiary alicyclic amines) is 1. The highest BCUT2D eigenvalue weighted by Gasteiger charge is 2.27. The third kappa shape index (κ3) is 4.34. The van der Waals surface area contributed by atoms with Crippen LogP contribution >= 0.6 is 0 Å². The van der Waals surface area contributed by atoms with Crippen molar-refractivity contribution in [2.24, 2.45) is 5.92 Å². The molecule has 1 atom stereocenters. The molecule has 0 radical (unpaired) electrons. The predicted octanol–water partition coefficient (Wildman–Crippen LogP) is 2.82. The van der Waals surface area contributed by atoms with Crippen molar-refractivity contribution in [3.8, 4) is 0 Å². The molecule has 1 saturated heterocycles. The number of furan rings is 1. The van der Waals surface area contributed by atoms with Crippen LogP contribution in [0, 0.1) is 5.92 Å². The number of nitrogens with zero attached hydrogens (tertiary/aromatic N) is 1. The van der Waals surface area contributed by atoms with Crippen molar-refractivity contribution in [1.29, 1.82) is 0 Å². The van der Waals surface area contributed by atoms with Crippen LogP contribution in [-0.2, 0) is 11.2 Å². The van der Waals surface area contributed by atoms with E-state index in [0.717, 1.165) is 25.7 Å². The second-order valence-electron chi connectivity index (χ2n) is 6.00. The third-order valence-electron chi connectivity index (χ3n) is 4.36. The zero-order valence-electron chi connectivity index (χ0n) is 13.8. The first-order valence-corrected chi connectivity index (χ1v) is 8.21. The molecule has 1 amide bonds. The molecule has 1 unspecified atom stereocenters. The van der Waals surface area contributed by atoms with Gasteiger partial charge in [0.25, 0.3) is 5.91 Å². The number of carbonyl (C=O) groups excluding carboxylic acids is 1. The fourth-order valence-corrected chi connectivity index (χ4v) is 3.07. The lowest BCUT2D eigenvalue weighted by Crippen LogP contribution is -2.34. The summed E-state index contributed by atoms with van der Waals surface area (Å²) in [6, 6.07) is 1.36. The van der Waals surface area contributed by atoms with Gasteiger partial charge in [0.15, 0.2) is 5.76 Å². The van der Waals surface area contributed by atoms with Gasteiger partial charge >= 0.3 is 5.97 Å². The summed E-state index contributed by atoms with van der Waals surface area (Å²) in [7, 11) is 1.68. The fraction of sp³-hybridized carbons (Fsp3) is 0.647. The zero-order chi connectivity index (χ0) is 16.8. The van der Waals surface area contributed by atoms with Crippen LogP contribution in [0.4, 0.5) is 0 Å². The van der Waals surface area contributed by atoms with Crippen molar-refractivity contribution in [3.63, 3.8) is 0 Å². The SMILES string of the molecule is CCc1oc(C(=O)N2CCCCC(CCOC)C2)cc1C(=O)O. The number of amides is 1. The number of aromatic carboxylic acids is 1. The Kier molecular flexibility index (Phi) is 6.21. The van der Waals surface area contributed by atoms with Crippen molar-refractivity contribution < 1.29 is 23.8 Å². The summed E-state index contributed by atoms with van der Waals surface area (Å²) in [5.74, 6) is -0.366. The average molecular weight is 323 g/mol. The first-order valence-electron chi connectivity index (χ1n) is 8.21. The number of carboxylic acid groups (broad SMARTS) is 1. The molecule has 1 aliphatic heterocycles. The molecule has 2 rings (SSSR count). The summed E-state index contributed by atoms with van der Waals surface area (Å²) >= 11 is 0. The second kappa shape index (κ2) is 8.15. The maximum Gasteiger partial charge on any atom is 0.339 e. The first-order chi connectivity index (χ1) is 11.1. The fourth-order valence-electron chi connectivity index (χ4n) is 3.07. The van der Waals surface area contributed by atoms with E-state index in [4.69, 9.17) is 9.15 Å². The number of aryl methyl sites for hydroxylation is 1. The van der Waals surface area contributed by atoms with Gasteiger partial charge in [0.1, 0.15) is 11.3 Å². The Bertz CT molecular complexity index is 551. The Labute approximate surface area is 136 Å². The minimum absolute atomic E-state index is 0.0848. The van der Waals surface area contributed by atoms with Crippen molar-refractivity contribution in [1.82, 2.24) is 4.90 Å². The average Bonchev–Trinajstić information content (AvgIpc) is 2.84. The number of hydrogen-bond acceptors (Lipinski definition) is 4. The molecule has 0 aromatic carbocycles. The summed E-state index contributed by atoms with van der Waals surface area (Å²) in [6.07, 6.45) is 4.52. The zero-order valence-corrected chi connectivity index (χ0v) is 13.8. The molecule has 0 spiro atoms. The third-order valence-corrected chi connectivity index (χ3v) is 4.36. The normalized spacial score (nSPS) is 18.7. The standard InChI is InChI=1S/C17H25NO5/c1-3-14-13(17(20)21)10-15(23-14)16(19)18-8-5-4-6-12(11-18)7-9-22-2/h10,12H,3-9,11H2,1-2H3,(H,20,21). The molecule has 128 valence electrons. The van der Waals surface area contributed by atoms with E-state index in [1.165, 1.54) is 6.07 Å². The van der Waals surface area contributed by atoms with E-state index in [-0.39, 0.29) is 17.2 Å². The number of ether oxygens (including phenoxy) is 1. The molecule has 1 fully saturated rings. The van der Waals surface area contributed by atoms with E-state index in [1.54, 1.807) is 12.0 Å². The highest BCUT2D eigenvalue weighted by Crippen LogP contribution is 2.23. The Morgan fingerprint density at radius 1 is 1.43 bits per heavy atom. The topological polar surface area (TPSA) is 80.0 Å². The van der Waals surface area contributed by atoms with Gasteiger partial charge in [0.05, 0.1) is 0 Å². The van der Waals surface area contributed by atoms with Gasteiger partial charge in [-0.15, -0.1) is 0 Å². The Balaban J connectivity index is 2.13. The smallest absolute Gasteiger partial charge is 0.339 e. The van der Waals surface area contributed by atoms with Crippen LogP contribution < -0.4 is 0 Å². The number of hydrogen-bond donors (Lipinski definition) is 1. The molecule has 1 aliphatic rings. The van der Waals surface area contributed by atoms with Gasteiger partial charge in [-0.25, -0.2) is 4.79 Å². The van der Waals surface area contributed by atoms with Crippen LogP contribution in [0.3, 0.4) is 0 Å². The van der Waals surface area contributed by atoms with E-state index in [2.05, 4.69) is 0 Å². The van der Waals surface area contributed by atoms with E-state index in [0.29, 0.717) is 37.8 Å². The minimum atomic E-state index is -1.06. The second-order valence-corrected chi connectivity index (χ2v) is 6.00. The van der Waals surface area contributed by atoms with Crippen molar-refractivity contribution in [2.75, 3.05) is 26.8 Å². The van der Waals surface area contributed by atoms with E-state index in [9.17, 15) is 14.7 Å². The predicted molar refractivity (Wildman–Crippen MR) is 84.8 cm³/mol. The summed E-state index contributed by atoms with van der Waals surface area (Å²) in [5.41, 5.74) is 0.0848. The molecule has 1 N–H and O–H groups in total. The van der Waals surface area contributed by atoms with Crippen LogP contribution in [0.5, 0.6) is 0 Å². The van der Waals surface area contributed by atoms with Gasteiger partial charge in [-0.2, -0.15) is 0 Å². The van der Waals surface area contributed by atoms with Gasteiger partial charge in [0, 0.05) is 39.3 Å². The van der Waals surface area contributed by atoms with Crippen LogP contribution in [0.15, 0.2) is 10.5 Å². The summed E-state index contributed by atoms with van der Waals surface area (Å²) in [4.78, 5) is 25.7. The van der Waals surface area contributed by atoms with E-state index < -0.39 is 5.97 Å². The van der Waals surface area contributed by atoms with Crippen molar-refractivity contribution in [3.05, 3.63) is 23.2 Å². The lowest BCUT2D eigenvalue weighted by molar-refractivity contribution is 0.0684. The molecule has 6 nitrogen and oxygen atoms in total. The Hall–Kier alpha value is -1.82. The number of rotatable bonds is 6. The number of carbonyl (C=O) groups is 2. The van der Waals surface area contributed by atoms with E-state index >= 15 is 0 Å². The largest absolute Gasteiger partial charge is 0.478 e. The van der Waals surface area contributed by atoms with E-state index in [1.807, 2.05) is 6.92 Å². The lowest BCUT2D eigenvalue weighted by atomic mass is 10.00. The lowest BCUT2D eigenvalue weighted by Gasteiger charge is -2.23. The maximum atomic E-state index is 12.7. The van der Waals surface area contributed by atoms with Crippen LogP contribution in [0.1, 0.15) is 59.3 Å². The molecule has 6 heteroatoms. The van der Waals surface area contributed by atoms with Gasteiger partial charge in [-0.05, 0) is 25.2 Å². The molecule has 0 saturated carbocycles. The highest BCUT2D eigenvalue weighted by atomic mass is 16.5. The molecule has 1 aromatic rings. The first kappa shape index (κ1) is 17.5. The van der Waals surface area contributed by atoms with Gasteiger partial charge in [-0.3, -0.25) is 4.79 Å². The maximum absolute atomic E-state index is 12.7. The Morgan fingerprint density at radius 3 is 2.83 bits per heavy atom. The quantitative estimate of drug-likeness (QED) is 0.870. The summed E-state index contributed by atoms with van der Waals surface area (Å²) < 4.78 is 10.6. The summed E-state index contributed by atoms with van der Waals surface area (Å²) in [6.45, 7) is 3.86. The van der Waals surface area contributed by atoms with Crippen molar-refractivity contribution >= 4 is 11.9 Å². The number of methoxy groups -OCH3 is 1. The molecule has 2 heterocycles.